The van der Waals surface area contributed by atoms with Crippen molar-refractivity contribution in [2.24, 2.45) is 28.5 Å². The van der Waals surface area contributed by atoms with Crippen molar-refractivity contribution in [3.8, 4) is 0 Å². The van der Waals surface area contributed by atoms with E-state index in [-0.39, 0.29) is 23.7 Å². The molecule has 196 valence electrons. The first-order valence-electron chi connectivity index (χ1n) is 11.9. The fourth-order valence-electron chi connectivity index (χ4n) is 4.49. The lowest BCUT2D eigenvalue weighted by atomic mass is 9.83. The molecule has 4 rings (SSSR count). The minimum atomic E-state index is -4.53. The fraction of sp³-hybridized carbons (Fsp3) is 0.385. The van der Waals surface area contributed by atoms with Crippen LogP contribution in [0.1, 0.15) is 43.2 Å². The van der Waals surface area contributed by atoms with E-state index in [2.05, 4.69) is 15.6 Å². The van der Waals surface area contributed by atoms with E-state index in [0.717, 1.165) is 12.8 Å². The van der Waals surface area contributed by atoms with Gasteiger partial charge in [-0.2, -0.15) is 13.2 Å². The summed E-state index contributed by atoms with van der Waals surface area (Å²) in [6.45, 7) is 0. The van der Waals surface area contributed by atoms with Gasteiger partial charge in [-0.1, -0.05) is 55.3 Å². The SMILES string of the molecule is NC(=O)C(CCC(F)(F)F)C(CC1CC1)C(=O)N[C@H]1N=C(c2ccccc2)c2cccc(F)c2NC1=O. The average Bonchev–Trinajstić information content (AvgIpc) is 3.67. The molecule has 1 aliphatic heterocycles. The molecule has 1 saturated carbocycles. The van der Waals surface area contributed by atoms with E-state index < -0.39 is 60.6 Å². The zero-order chi connectivity index (χ0) is 26.7. The highest BCUT2D eigenvalue weighted by atomic mass is 19.4. The van der Waals surface area contributed by atoms with Crippen LogP contribution >= 0.6 is 0 Å². The summed E-state index contributed by atoms with van der Waals surface area (Å²) < 4.78 is 53.4. The number of para-hydroxylation sites is 1. The normalized spacial score (nSPS) is 19.1. The summed E-state index contributed by atoms with van der Waals surface area (Å²) in [7, 11) is 0. The Morgan fingerprint density at radius 1 is 1.08 bits per heavy atom. The van der Waals surface area contributed by atoms with Crippen LogP contribution in [-0.2, 0) is 14.4 Å². The number of aliphatic imine (C=N–C) groups is 1. The molecular formula is C26H26F4N4O3. The molecule has 2 aromatic carbocycles. The number of nitrogens with two attached hydrogens (primary N) is 1. The Morgan fingerprint density at radius 3 is 2.41 bits per heavy atom. The number of benzene rings is 2. The first kappa shape index (κ1) is 26.3. The smallest absolute Gasteiger partial charge is 0.369 e. The molecule has 2 aromatic rings. The van der Waals surface area contributed by atoms with Gasteiger partial charge in [0, 0.05) is 29.4 Å². The van der Waals surface area contributed by atoms with Crippen LogP contribution in [-0.4, -0.2) is 35.8 Å². The zero-order valence-corrected chi connectivity index (χ0v) is 19.7. The molecule has 4 N–H and O–H groups in total. The number of anilines is 1. The van der Waals surface area contributed by atoms with Crippen molar-refractivity contribution in [3.63, 3.8) is 0 Å². The fourth-order valence-corrected chi connectivity index (χ4v) is 4.49. The molecule has 2 aliphatic rings. The number of hydrogen-bond donors (Lipinski definition) is 3. The third-order valence-corrected chi connectivity index (χ3v) is 6.56. The molecule has 37 heavy (non-hydrogen) atoms. The topological polar surface area (TPSA) is 114 Å². The summed E-state index contributed by atoms with van der Waals surface area (Å²) in [5.41, 5.74) is 6.40. The molecule has 0 bridgehead atoms. The maximum absolute atomic E-state index is 14.7. The lowest BCUT2D eigenvalue weighted by Gasteiger charge is -2.26. The number of primary amides is 1. The van der Waals surface area contributed by atoms with Crippen molar-refractivity contribution in [1.29, 1.82) is 0 Å². The maximum Gasteiger partial charge on any atom is 0.389 e. The van der Waals surface area contributed by atoms with Crippen molar-refractivity contribution in [2.75, 3.05) is 5.32 Å². The molecule has 0 aromatic heterocycles. The van der Waals surface area contributed by atoms with Gasteiger partial charge in [-0.15, -0.1) is 0 Å². The van der Waals surface area contributed by atoms with Gasteiger partial charge in [0.15, 0.2) is 0 Å². The number of hydrogen-bond acceptors (Lipinski definition) is 4. The van der Waals surface area contributed by atoms with E-state index >= 15 is 0 Å². The molecule has 11 heteroatoms. The highest BCUT2D eigenvalue weighted by molar-refractivity contribution is 6.20. The van der Waals surface area contributed by atoms with Gasteiger partial charge >= 0.3 is 6.18 Å². The number of alkyl halides is 3. The highest BCUT2D eigenvalue weighted by Crippen LogP contribution is 2.39. The molecule has 1 aliphatic carbocycles. The average molecular weight is 519 g/mol. The first-order valence-corrected chi connectivity index (χ1v) is 11.9. The zero-order valence-electron chi connectivity index (χ0n) is 19.7. The summed E-state index contributed by atoms with van der Waals surface area (Å²) in [5.74, 6) is -5.82. The minimum Gasteiger partial charge on any atom is -0.369 e. The second-order valence-corrected chi connectivity index (χ2v) is 9.35. The number of amides is 3. The second-order valence-electron chi connectivity index (χ2n) is 9.35. The van der Waals surface area contributed by atoms with Gasteiger partial charge in [-0.05, 0) is 24.8 Å². The number of benzodiazepines with no additional fused rings is 1. The molecule has 0 spiro atoms. The summed E-state index contributed by atoms with van der Waals surface area (Å²) in [6.07, 6.45) is -6.24. The van der Waals surface area contributed by atoms with Crippen molar-refractivity contribution >= 4 is 29.1 Å². The first-order chi connectivity index (χ1) is 17.5. The van der Waals surface area contributed by atoms with Crippen LogP contribution in [0.15, 0.2) is 53.5 Å². The van der Waals surface area contributed by atoms with E-state index in [1.165, 1.54) is 12.1 Å². The number of carbonyl (C=O) groups excluding carboxylic acids is 3. The largest absolute Gasteiger partial charge is 0.389 e. The molecule has 1 fully saturated rings. The Morgan fingerprint density at radius 2 is 1.78 bits per heavy atom. The predicted molar refractivity (Wildman–Crippen MR) is 128 cm³/mol. The summed E-state index contributed by atoms with van der Waals surface area (Å²) in [4.78, 5) is 42.9. The third-order valence-electron chi connectivity index (χ3n) is 6.56. The van der Waals surface area contributed by atoms with Crippen LogP contribution in [0, 0.1) is 23.6 Å². The molecular weight excluding hydrogens is 492 g/mol. The van der Waals surface area contributed by atoms with Crippen LogP contribution in [0.5, 0.6) is 0 Å². The monoisotopic (exact) mass is 518 g/mol. The minimum absolute atomic E-state index is 0.0770. The molecule has 1 heterocycles. The van der Waals surface area contributed by atoms with Gasteiger partial charge in [0.2, 0.25) is 18.0 Å². The van der Waals surface area contributed by atoms with Crippen molar-refractivity contribution in [1.82, 2.24) is 5.32 Å². The number of carbonyl (C=O) groups is 3. The maximum atomic E-state index is 14.7. The van der Waals surface area contributed by atoms with Crippen LogP contribution in [0.2, 0.25) is 0 Å². The Labute approximate surface area is 210 Å². The van der Waals surface area contributed by atoms with Crippen LogP contribution in [0.25, 0.3) is 0 Å². The van der Waals surface area contributed by atoms with E-state index in [1.807, 2.05) is 0 Å². The van der Waals surface area contributed by atoms with Crippen molar-refractivity contribution in [2.45, 2.75) is 44.4 Å². The van der Waals surface area contributed by atoms with E-state index in [1.54, 1.807) is 36.4 Å². The van der Waals surface area contributed by atoms with Gasteiger partial charge in [-0.3, -0.25) is 14.4 Å². The van der Waals surface area contributed by atoms with E-state index in [0.29, 0.717) is 11.1 Å². The number of nitrogens with zero attached hydrogens (tertiary/aromatic N) is 1. The van der Waals surface area contributed by atoms with Crippen molar-refractivity contribution < 1.29 is 31.9 Å². The molecule has 3 atom stereocenters. The van der Waals surface area contributed by atoms with Gasteiger partial charge in [-0.25, -0.2) is 9.38 Å². The van der Waals surface area contributed by atoms with E-state index in [4.69, 9.17) is 5.73 Å². The highest BCUT2D eigenvalue weighted by Gasteiger charge is 2.41. The Balaban J connectivity index is 1.66. The van der Waals surface area contributed by atoms with Crippen molar-refractivity contribution in [3.05, 3.63) is 65.5 Å². The molecule has 0 saturated heterocycles. The van der Waals surface area contributed by atoms with E-state index in [9.17, 15) is 31.9 Å². The van der Waals surface area contributed by atoms with Crippen LogP contribution in [0.4, 0.5) is 23.2 Å². The Kier molecular flexibility index (Phi) is 7.60. The number of rotatable bonds is 9. The lowest BCUT2D eigenvalue weighted by molar-refractivity contribution is -0.146. The predicted octanol–water partition coefficient (Wildman–Crippen LogP) is 3.92. The van der Waals surface area contributed by atoms with Crippen LogP contribution < -0.4 is 16.4 Å². The van der Waals surface area contributed by atoms with Gasteiger partial charge in [0.25, 0.3) is 5.91 Å². The number of nitrogens with one attached hydrogen (secondary N) is 2. The molecule has 2 unspecified atom stereocenters. The standard InChI is InChI=1S/C26H26F4N4O3/c27-19-8-4-7-17-20(15-5-2-1-3-6-15)32-23(25(37)33-21(17)19)34-24(36)18(13-14-9-10-14)16(22(31)35)11-12-26(28,29)30/h1-8,14,16,18,23H,9-13H2,(H2,31,35)(H,33,37)(H,34,36)/t16?,18?,23-/m1/s1. The second kappa shape index (κ2) is 10.7. The summed E-state index contributed by atoms with van der Waals surface area (Å²) in [5, 5.41) is 4.93. The quantitative estimate of drug-likeness (QED) is 0.437. The third kappa shape index (κ3) is 6.52. The number of fused-ring (bicyclic) bond motifs is 1. The van der Waals surface area contributed by atoms with Crippen LogP contribution in [0.3, 0.4) is 0 Å². The molecule has 7 nitrogen and oxygen atoms in total. The Hall–Kier alpha value is -3.76. The summed E-state index contributed by atoms with van der Waals surface area (Å²) >= 11 is 0. The number of halogens is 4. The summed E-state index contributed by atoms with van der Waals surface area (Å²) in [6, 6.07) is 12.8. The lowest BCUT2D eigenvalue weighted by Crippen LogP contribution is -2.48. The van der Waals surface area contributed by atoms with Gasteiger partial charge < -0.3 is 16.4 Å². The Bertz CT molecular complexity index is 1210. The molecule has 0 radical (unpaired) electrons. The van der Waals surface area contributed by atoms with Gasteiger partial charge in [0.1, 0.15) is 5.82 Å². The van der Waals surface area contributed by atoms with Gasteiger partial charge in [0.05, 0.1) is 11.4 Å². The molecule has 3 amide bonds.